The Morgan fingerprint density at radius 2 is 1.85 bits per heavy atom. The summed E-state index contributed by atoms with van der Waals surface area (Å²) in [7, 11) is -1.05. The van der Waals surface area contributed by atoms with Crippen molar-refractivity contribution in [3.63, 3.8) is 0 Å². The van der Waals surface area contributed by atoms with Gasteiger partial charge in [0.1, 0.15) is 0 Å². The maximum absolute atomic E-state index is 8.86. The highest BCUT2D eigenvalue weighted by molar-refractivity contribution is 6.44. The summed E-state index contributed by atoms with van der Waals surface area (Å²) in [4.78, 5) is 0. The smallest absolute Gasteiger partial charge is 0.427 e. The predicted octanol–water partition coefficient (Wildman–Crippen LogP) is 2.21. The molecule has 0 radical (unpaired) electrons. The fraction of sp³-hybridized carbons (Fsp3) is 1.00. The maximum Gasteiger partial charge on any atom is 0.455 e. The van der Waals surface area contributed by atoms with E-state index in [0.717, 1.165) is 6.42 Å². The molecule has 0 spiro atoms. The van der Waals surface area contributed by atoms with Crippen molar-refractivity contribution in [1.82, 2.24) is 0 Å². The second-order valence-corrected chi connectivity index (χ2v) is 4.28. The Morgan fingerprint density at radius 3 is 2.38 bits per heavy atom. The number of hydrogen-bond acceptors (Lipinski definition) is 2. The van der Waals surface area contributed by atoms with Crippen LogP contribution < -0.4 is 0 Å². The Bertz CT molecular complexity index is 139. The van der Waals surface area contributed by atoms with E-state index >= 15 is 0 Å². The van der Waals surface area contributed by atoms with Crippen molar-refractivity contribution in [2.75, 3.05) is 0 Å². The van der Waals surface area contributed by atoms with Crippen LogP contribution in [0.15, 0.2) is 0 Å². The van der Waals surface area contributed by atoms with Crippen LogP contribution in [0.25, 0.3) is 0 Å². The monoisotopic (exact) mass is 184 g/mol. The third kappa shape index (κ3) is 4.14. The van der Waals surface area contributed by atoms with Crippen LogP contribution >= 0.6 is 0 Å². The molecule has 0 amide bonds. The number of hydrogen-bond donors (Lipinski definition) is 2. The second-order valence-electron chi connectivity index (χ2n) is 4.28. The lowest BCUT2D eigenvalue weighted by atomic mass is 9.81. The molecule has 76 valence electrons. The topological polar surface area (TPSA) is 40.5 Å². The second kappa shape index (κ2) is 5.66. The molecule has 1 aliphatic rings. The van der Waals surface area contributed by atoms with E-state index in [1.165, 1.54) is 38.5 Å². The third-order valence-corrected chi connectivity index (χ3v) is 3.04. The van der Waals surface area contributed by atoms with Gasteiger partial charge < -0.3 is 10.0 Å². The standard InChI is InChI=1S/C10H21BO2/c1-2-3-4-5-6-7-9-8-10(9)11(12)13/h9-10,12-13H,2-8H2,1H3/t9-,10-/m0/s1. The average Bonchev–Trinajstić information content (AvgIpc) is 2.83. The first-order valence-electron chi connectivity index (χ1n) is 5.61. The van der Waals surface area contributed by atoms with Gasteiger partial charge in [-0.15, -0.1) is 0 Å². The summed E-state index contributed by atoms with van der Waals surface area (Å²) in [5.41, 5.74) is 0. The summed E-state index contributed by atoms with van der Waals surface area (Å²) in [5, 5.41) is 17.7. The van der Waals surface area contributed by atoms with Gasteiger partial charge in [-0.2, -0.15) is 0 Å². The number of rotatable bonds is 7. The minimum Gasteiger partial charge on any atom is -0.427 e. The summed E-state index contributed by atoms with van der Waals surface area (Å²) in [6.45, 7) is 2.22. The summed E-state index contributed by atoms with van der Waals surface area (Å²) in [6, 6.07) is 0. The summed E-state index contributed by atoms with van der Waals surface area (Å²) >= 11 is 0. The molecule has 2 atom stereocenters. The van der Waals surface area contributed by atoms with Crippen LogP contribution in [0, 0.1) is 5.92 Å². The van der Waals surface area contributed by atoms with Crippen LogP contribution in [0.1, 0.15) is 51.9 Å². The molecule has 0 aromatic rings. The highest BCUT2D eigenvalue weighted by Gasteiger charge is 2.44. The normalized spacial score (nSPS) is 26.1. The van der Waals surface area contributed by atoms with Gasteiger partial charge in [-0.25, -0.2) is 0 Å². The highest BCUT2D eigenvalue weighted by atomic mass is 16.4. The number of unbranched alkanes of at least 4 members (excludes halogenated alkanes) is 4. The lowest BCUT2D eigenvalue weighted by Gasteiger charge is -1.99. The molecule has 0 unspecified atom stereocenters. The Labute approximate surface area is 81.5 Å². The molecule has 0 saturated heterocycles. The molecule has 0 aromatic heterocycles. The summed E-state index contributed by atoms with van der Waals surface area (Å²) in [5.74, 6) is 0.813. The van der Waals surface area contributed by atoms with Gasteiger partial charge in [0, 0.05) is 0 Å². The van der Waals surface area contributed by atoms with Crippen LogP contribution in [0.3, 0.4) is 0 Å². The van der Waals surface area contributed by atoms with E-state index in [-0.39, 0.29) is 5.82 Å². The Balaban J connectivity index is 1.86. The van der Waals surface area contributed by atoms with Gasteiger partial charge in [0.05, 0.1) is 0 Å². The van der Waals surface area contributed by atoms with E-state index in [2.05, 4.69) is 6.92 Å². The van der Waals surface area contributed by atoms with Gasteiger partial charge in [0.2, 0.25) is 0 Å². The van der Waals surface area contributed by atoms with Gasteiger partial charge in [0.15, 0.2) is 0 Å². The predicted molar refractivity (Wildman–Crippen MR) is 55.4 cm³/mol. The Hall–Kier alpha value is -0.0151. The van der Waals surface area contributed by atoms with Gasteiger partial charge in [-0.05, 0) is 18.2 Å². The van der Waals surface area contributed by atoms with Crippen molar-refractivity contribution in [2.24, 2.45) is 5.92 Å². The summed E-state index contributed by atoms with van der Waals surface area (Å²) < 4.78 is 0. The zero-order valence-corrected chi connectivity index (χ0v) is 8.58. The Kier molecular flexibility index (Phi) is 4.82. The summed E-state index contributed by atoms with van der Waals surface area (Å²) in [6.07, 6.45) is 8.80. The maximum atomic E-state index is 8.86. The lowest BCUT2D eigenvalue weighted by molar-refractivity contribution is 0.398. The lowest BCUT2D eigenvalue weighted by Crippen LogP contribution is -2.11. The molecular weight excluding hydrogens is 163 g/mol. The van der Waals surface area contributed by atoms with E-state index in [9.17, 15) is 0 Å². The quantitative estimate of drug-likeness (QED) is 0.470. The molecule has 0 aromatic carbocycles. The van der Waals surface area contributed by atoms with Crippen LogP contribution in [0.2, 0.25) is 5.82 Å². The first-order valence-corrected chi connectivity index (χ1v) is 5.61. The SMILES string of the molecule is CCCCCCC[C@H]1C[C@@H]1B(O)O. The zero-order valence-electron chi connectivity index (χ0n) is 8.58. The molecule has 0 bridgehead atoms. The largest absolute Gasteiger partial charge is 0.455 e. The van der Waals surface area contributed by atoms with Gasteiger partial charge in [-0.3, -0.25) is 0 Å². The van der Waals surface area contributed by atoms with Gasteiger partial charge in [-0.1, -0.05) is 45.4 Å². The van der Waals surface area contributed by atoms with Gasteiger partial charge >= 0.3 is 7.12 Å². The van der Waals surface area contributed by atoms with Crippen molar-refractivity contribution in [2.45, 2.75) is 57.7 Å². The average molecular weight is 184 g/mol. The van der Waals surface area contributed by atoms with Crippen LogP contribution in [-0.2, 0) is 0 Å². The fourth-order valence-electron chi connectivity index (χ4n) is 1.98. The van der Waals surface area contributed by atoms with Gasteiger partial charge in [0.25, 0.3) is 0 Å². The Morgan fingerprint density at radius 1 is 1.15 bits per heavy atom. The van der Waals surface area contributed by atoms with Crippen molar-refractivity contribution in [1.29, 1.82) is 0 Å². The van der Waals surface area contributed by atoms with E-state index in [1.807, 2.05) is 0 Å². The zero-order chi connectivity index (χ0) is 9.68. The van der Waals surface area contributed by atoms with E-state index < -0.39 is 7.12 Å². The fourth-order valence-corrected chi connectivity index (χ4v) is 1.98. The van der Waals surface area contributed by atoms with Crippen molar-refractivity contribution in [3.8, 4) is 0 Å². The molecule has 1 rings (SSSR count). The molecule has 2 N–H and O–H groups in total. The third-order valence-electron chi connectivity index (χ3n) is 3.04. The molecule has 1 fully saturated rings. The van der Waals surface area contributed by atoms with Crippen LogP contribution in [0.5, 0.6) is 0 Å². The molecular formula is C10H21BO2. The van der Waals surface area contributed by atoms with Crippen LogP contribution in [0.4, 0.5) is 0 Å². The van der Waals surface area contributed by atoms with Crippen molar-refractivity contribution in [3.05, 3.63) is 0 Å². The van der Waals surface area contributed by atoms with Crippen LogP contribution in [-0.4, -0.2) is 17.2 Å². The molecule has 1 saturated carbocycles. The molecule has 1 aliphatic carbocycles. The van der Waals surface area contributed by atoms with Crippen molar-refractivity contribution < 1.29 is 10.0 Å². The molecule has 0 aliphatic heterocycles. The minimum atomic E-state index is -1.05. The first kappa shape index (κ1) is 11.1. The highest BCUT2D eigenvalue weighted by Crippen LogP contribution is 2.48. The van der Waals surface area contributed by atoms with E-state index in [0.29, 0.717) is 5.92 Å². The molecule has 0 heterocycles. The van der Waals surface area contributed by atoms with E-state index in [4.69, 9.17) is 10.0 Å². The molecule has 3 heteroatoms. The minimum absolute atomic E-state index is 0.200. The first-order chi connectivity index (χ1) is 6.25. The van der Waals surface area contributed by atoms with Crippen molar-refractivity contribution >= 4 is 7.12 Å². The molecule has 13 heavy (non-hydrogen) atoms. The molecule has 2 nitrogen and oxygen atoms in total. The van der Waals surface area contributed by atoms with E-state index in [1.54, 1.807) is 0 Å².